The first-order chi connectivity index (χ1) is 6.81. The smallest absolute Gasteiger partial charge is 0.160 e. The highest BCUT2D eigenvalue weighted by Gasteiger charge is 2.29. The standard InChI is InChI=1S/C9H14N3OP/c1-6-9(7-3-11-12-4-7)2-8(14-13)5-10-6/h3-4,6,8-10H,2,5H2,1H3,(H,11,12). The molecule has 0 amide bonds. The van der Waals surface area contributed by atoms with Crippen LogP contribution >= 0.6 is 8.46 Å². The van der Waals surface area contributed by atoms with Crippen molar-refractivity contribution < 1.29 is 4.57 Å². The Labute approximate surface area is 84.7 Å². The van der Waals surface area contributed by atoms with Gasteiger partial charge in [-0.05, 0) is 18.9 Å². The summed E-state index contributed by atoms with van der Waals surface area (Å²) >= 11 is 0. The zero-order valence-electron chi connectivity index (χ0n) is 8.10. The van der Waals surface area contributed by atoms with Crippen molar-refractivity contribution in [2.24, 2.45) is 0 Å². The van der Waals surface area contributed by atoms with Gasteiger partial charge in [-0.3, -0.25) is 9.66 Å². The average Bonchev–Trinajstić information content (AvgIpc) is 2.71. The number of aromatic nitrogens is 2. The monoisotopic (exact) mass is 211 g/mol. The third-order valence-electron chi connectivity index (χ3n) is 2.90. The molecule has 4 nitrogen and oxygen atoms in total. The number of rotatable bonds is 2. The van der Waals surface area contributed by atoms with E-state index in [4.69, 9.17) is 0 Å². The molecular formula is C9H14N3OP. The summed E-state index contributed by atoms with van der Waals surface area (Å²) in [6.45, 7) is 3.01. The largest absolute Gasteiger partial charge is 0.313 e. The van der Waals surface area contributed by atoms with Crippen LogP contribution in [-0.2, 0) is 4.57 Å². The molecule has 14 heavy (non-hydrogen) atoms. The quantitative estimate of drug-likeness (QED) is 0.729. The highest BCUT2D eigenvalue weighted by molar-refractivity contribution is 7.24. The van der Waals surface area contributed by atoms with Gasteiger partial charge < -0.3 is 5.32 Å². The summed E-state index contributed by atoms with van der Waals surface area (Å²) in [6, 6.07) is 0.436. The number of piperidine rings is 1. The highest BCUT2D eigenvalue weighted by atomic mass is 31.1. The van der Waals surface area contributed by atoms with Gasteiger partial charge in [-0.15, -0.1) is 0 Å². The van der Waals surface area contributed by atoms with Crippen LogP contribution in [-0.4, -0.2) is 28.4 Å². The summed E-state index contributed by atoms with van der Waals surface area (Å²) < 4.78 is 10.8. The number of nitrogens with zero attached hydrogens (tertiary/aromatic N) is 1. The average molecular weight is 211 g/mol. The van der Waals surface area contributed by atoms with Crippen LogP contribution < -0.4 is 5.32 Å². The maximum Gasteiger partial charge on any atom is 0.160 e. The van der Waals surface area contributed by atoms with Crippen LogP contribution in [0.15, 0.2) is 12.4 Å². The predicted octanol–water partition coefficient (Wildman–Crippen LogP) is 1.54. The van der Waals surface area contributed by atoms with E-state index in [0.717, 1.165) is 13.0 Å². The number of hydrogen-bond donors (Lipinski definition) is 2. The van der Waals surface area contributed by atoms with Crippen LogP contribution in [0.4, 0.5) is 0 Å². The van der Waals surface area contributed by atoms with E-state index in [1.54, 1.807) is 0 Å². The summed E-state index contributed by atoms with van der Waals surface area (Å²) in [6.07, 6.45) is 4.75. The molecule has 0 bridgehead atoms. The lowest BCUT2D eigenvalue weighted by molar-refractivity contribution is 0.374. The van der Waals surface area contributed by atoms with Gasteiger partial charge in [0.15, 0.2) is 8.46 Å². The fraction of sp³-hybridized carbons (Fsp3) is 0.667. The van der Waals surface area contributed by atoms with Crippen LogP contribution in [0.2, 0.25) is 0 Å². The Balaban J connectivity index is 2.12. The molecule has 1 aliphatic heterocycles. The maximum atomic E-state index is 10.8. The third kappa shape index (κ3) is 1.86. The van der Waals surface area contributed by atoms with E-state index >= 15 is 0 Å². The summed E-state index contributed by atoms with van der Waals surface area (Å²) in [4.78, 5) is 0. The summed E-state index contributed by atoms with van der Waals surface area (Å²) in [5.41, 5.74) is 1.45. The summed E-state index contributed by atoms with van der Waals surface area (Å²) in [5.74, 6) is 0.425. The van der Waals surface area contributed by atoms with Gasteiger partial charge in [-0.1, -0.05) is 0 Å². The van der Waals surface area contributed by atoms with Crippen molar-refractivity contribution in [3.8, 4) is 0 Å². The predicted molar refractivity (Wildman–Crippen MR) is 54.8 cm³/mol. The number of H-pyrrole nitrogens is 1. The first-order valence-corrected chi connectivity index (χ1v) is 5.74. The molecule has 1 aromatic heterocycles. The van der Waals surface area contributed by atoms with E-state index in [9.17, 15) is 4.57 Å². The Morgan fingerprint density at radius 1 is 1.64 bits per heavy atom. The van der Waals surface area contributed by atoms with Gasteiger partial charge in [0.1, 0.15) is 0 Å². The molecule has 1 saturated heterocycles. The molecule has 5 heteroatoms. The number of nitrogens with one attached hydrogen (secondary N) is 2. The zero-order valence-corrected chi connectivity index (χ0v) is 9.00. The molecular weight excluding hydrogens is 197 g/mol. The Kier molecular flexibility index (Phi) is 2.94. The van der Waals surface area contributed by atoms with Crippen LogP contribution in [0.3, 0.4) is 0 Å². The van der Waals surface area contributed by atoms with Crippen molar-refractivity contribution in [3.63, 3.8) is 0 Å². The minimum atomic E-state index is 0.242. The fourth-order valence-corrected chi connectivity index (χ4v) is 2.51. The van der Waals surface area contributed by atoms with E-state index < -0.39 is 0 Å². The lowest BCUT2D eigenvalue weighted by Crippen LogP contribution is -2.42. The van der Waals surface area contributed by atoms with Gasteiger partial charge in [-0.2, -0.15) is 5.10 Å². The van der Waals surface area contributed by atoms with E-state index in [-0.39, 0.29) is 14.1 Å². The van der Waals surface area contributed by atoms with E-state index in [0.29, 0.717) is 12.0 Å². The molecule has 0 aromatic carbocycles. The van der Waals surface area contributed by atoms with Crippen LogP contribution in [0.1, 0.15) is 24.8 Å². The normalized spacial score (nSPS) is 33.4. The molecule has 2 N–H and O–H groups in total. The first-order valence-electron chi connectivity index (χ1n) is 4.85. The molecule has 0 spiro atoms. The van der Waals surface area contributed by atoms with Gasteiger partial charge in [0.05, 0.1) is 11.9 Å². The first kappa shape index (κ1) is 9.81. The van der Waals surface area contributed by atoms with Crippen molar-refractivity contribution >= 4 is 8.46 Å². The minimum absolute atomic E-state index is 0.242. The van der Waals surface area contributed by atoms with Crippen LogP contribution in [0, 0.1) is 0 Å². The molecule has 1 aromatic rings. The van der Waals surface area contributed by atoms with Crippen molar-refractivity contribution in [3.05, 3.63) is 18.0 Å². The Morgan fingerprint density at radius 3 is 3.14 bits per heavy atom. The molecule has 2 heterocycles. The second-order valence-electron chi connectivity index (χ2n) is 3.83. The van der Waals surface area contributed by atoms with Gasteiger partial charge in [0.2, 0.25) is 0 Å². The van der Waals surface area contributed by atoms with Crippen molar-refractivity contribution in [1.82, 2.24) is 15.5 Å². The second kappa shape index (κ2) is 4.20. The van der Waals surface area contributed by atoms with Crippen molar-refractivity contribution in [1.29, 1.82) is 0 Å². The Hall–Kier alpha value is -0.730. The van der Waals surface area contributed by atoms with Gasteiger partial charge in [0, 0.05) is 24.7 Å². The SMILES string of the molecule is CC1NCC(P=O)CC1c1cn[nH]c1. The van der Waals surface area contributed by atoms with E-state index in [1.165, 1.54) is 5.56 Å². The molecule has 0 aliphatic carbocycles. The van der Waals surface area contributed by atoms with E-state index in [2.05, 4.69) is 22.4 Å². The molecule has 3 atom stereocenters. The Bertz CT molecular complexity index is 301. The minimum Gasteiger partial charge on any atom is -0.313 e. The number of aromatic amines is 1. The molecule has 1 fully saturated rings. The van der Waals surface area contributed by atoms with Crippen LogP contribution in [0.25, 0.3) is 0 Å². The summed E-state index contributed by atoms with van der Waals surface area (Å²) in [5, 5.41) is 10.1. The molecule has 2 rings (SSSR count). The van der Waals surface area contributed by atoms with E-state index in [1.807, 2.05) is 12.4 Å². The van der Waals surface area contributed by atoms with Gasteiger partial charge in [0.25, 0.3) is 0 Å². The van der Waals surface area contributed by atoms with Gasteiger partial charge in [-0.25, -0.2) is 0 Å². The molecule has 1 aliphatic rings. The van der Waals surface area contributed by atoms with Crippen molar-refractivity contribution in [2.45, 2.75) is 31.0 Å². The molecule has 0 radical (unpaired) electrons. The maximum absolute atomic E-state index is 10.8. The topological polar surface area (TPSA) is 57.8 Å². The second-order valence-corrected chi connectivity index (χ2v) is 4.77. The fourth-order valence-electron chi connectivity index (χ4n) is 2.01. The number of hydrogen-bond acceptors (Lipinski definition) is 3. The van der Waals surface area contributed by atoms with Crippen molar-refractivity contribution in [2.75, 3.05) is 6.54 Å². The zero-order chi connectivity index (χ0) is 9.97. The molecule has 3 unspecified atom stereocenters. The van der Waals surface area contributed by atoms with Crippen LogP contribution in [0.5, 0.6) is 0 Å². The lowest BCUT2D eigenvalue weighted by atomic mass is 9.87. The molecule has 76 valence electrons. The summed E-state index contributed by atoms with van der Waals surface area (Å²) in [7, 11) is 0.250. The lowest BCUT2D eigenvalue weighted by Gasteiger charge is -2.32. The Morgan fingerprint density at radius 2 is 2.50 bits per heavy atom. The third-order valence-corrected chi connectivity index (χ3v) is 3.59. The van der Waals surface area contributed by atoms with Gasteiger partial charge >= 0.3 is 0 Å². The molecule has 0 saturated carbocycles. The highest BCUT2D eigenvalue weighted by Crippen LogP contribution is 2.31.